The lowest BCUT2D eigenvalue weighted by atomic mass is 10.0. The number of aryl methyl sites for hydroxylation is 1. The van der Waals surface area contributed by atoms with E-state index in [1.54, 1.807) is 13.1 Å². The number of amides is 1. The van der Waals surface area contributed by atoms with Crippen molar-refractivity contribution in [1.82, 2.24) is 10.3 Å². The van der Waals surface area contributed by atoms with Gasteiger partial charge in [0.05, 0.1) is 29.3 Å². The molecule has 1 amide bonds. The van der Waals surface area contributed by atoms with Crippen molar-refractivity contribution < 1.29 is 28.4 Å². The number of hydrogen-bond donors (Lipinski definition) is 3. The third kappa shape index (κ3) is 5.31. The summed E-state index contributed by atoms with van der Waals surface area (Å²) < 4.78 is 20.7. The van der Waals surface area contributed by atoms with Gasteiger partial charge in [-0.05, 0) is 25.3 Å². The summed E-state index contributed by atoms with van der Waals surface area (Å²) in [5, 5.41) is 22.6. The quantitative estimate of drug-likeness (QED) is 0.277. The maximum atomic E-state index is 13.2. The van der Waals surface area contributed by atoms with E-state index >= 15 is 0 Å². The number of aliphatic carboxylic acids is 1. The molecule has 0 saturated carbocycles. The van der Waals surface area contributed by atoms with E-state index in [4.69, 9.17) is 9.52 Å². The minimum absolute atomic E-state index is 0.0121. The summed E-state index contributed by atoms with van der Waals surface area (Å²) in [6.45, 7) is 3.33. The molecule has 192 valence electrons. The molecule has 2 unspecified atom stereocenters. The van der Waals surface area contributed by atoms with E-state index in [1.165, 1.54) is 10.6 Å². The van der Waals surface area contributed by atoms with E-state index in [2.05, 4.69) is 16.2 Å². The summed E-state index contributed by atoms with van der Waals surface area (Å²) in [6.07, 6.45) is 0.131. The van der Waals surface area contributed by atoms with Crippen LogP contribution >= 0.6 is 0 Å². The Balaban J connectivity index is 1.88. The van der Waals surface area contributed by atoms with Crippen molar-refractivity contribution in [3.05, 3.63) is 41.5 Å². The van der Waals surface area contributed by atoms with E-state index < -0.39 is 21.8 Å². The Morgan fingerprint density at radius 2 is 1.97 bits per heavy atom. The first kappa shape index (κ1) is 25.5. The lowest BCUT2D eigenvalue weighted by Crippen LogP contribution is -2.38. The number of carbonyl (C=O) groups excluding carboxylic acids is 1. The van der Waals surface area contributed by atoms with Crippen LogP contribution in [0.5, 0.6) is 0 Å². The fourth-order valence-corrected chi connectivity index (χ4v) is 4.96. The van der Waals surface area contributed by atoms with Gasteiger partial charge in [0.1, 0.15) is 5.76 Å². The first-order valence-corrected chi connectivity index (χ1v) is 13.6. The highest BCUT2D eigenvalue weighted by Gasteiger charge is 2.32. The second-order valence-electron chi connectivity index (χ2n) is 9.03. The van der Waals surface area contributed by atoms with Gasteiger partial charge >= 0.3 is 5.97 Å². The number of rotatable bonds is 10. The Kier molecular flexibility index (Phi) is 6.96. The van der Waals surface area contributed by atoms with Gasteiger partial charge in [0.15, 0.2) is 5.82 Å². The molecule has 0 bridgehead atoms. The van der Waals surface area contributed by atoms with Gasteiger partial charge in [-0.2, -0.15) is 4.98 Å². The summed E-state index contributed by atoms with van der Waals surface area (Å²) in [7, 11) is -1.37. The highest BCUT2D eigenvalue weighted by molar-refractivity contribution is 8.00. The predicted molar refractivity (Wildman–Crippen MR) is 141 cm³/mol. The standard InChI is InChI=1S/C25H30N4O6S/c1-15-5-7-16(8-6-15)22-21(24(33)26-2)18-13-19(28-11-12-28)23(27-25(18)35-22)29(36(3,4)34)14-17(30)9-10-20(31)32/h5-8,13,17,30H,3,9-12,14H2,1-2,4H3,(H,26,33)(H,31,32). The Morgan fingerprint density at radius 3 is 2.53 bits per heavy atom. The lowest BCUT2D eigenvalue weighted by molar-refractivity contribution is -0.137. The van der Waals surface area contributed by atoms with Gasteiger partial charge in [0.2, 0.25) is 5.71 Å². The summed E-state index contributed by atoms with van der Waals surface area (Å²) in [4.78, 5) is 30.6. The maximum absolute atomic E-state index is 13.2. The molecule has 11 heteroatoms. The van der Waals surface area contributed by atoms with Gasteiger partial charge in [-0.25, -0.2) is 4.21 Å². The van der Waals surface area contributed by atoms with Crippen LogP contribution < -0.4 is 14.5 Å². The minimum Gasteiger partial charge on any atom is -0.481 e. The van der Waals surface area contributed by atoms with Crippen LogP contribution in [-0.4, -0.2) is 76.2 Å². The number of hydrogen-bond acceptors (Lipinski definition) is 7. The van der Waals surface area contributed by atoms with E-state index in [9.17, 15) is 18.9 Å². The van der Waals surface area contributed by atoms with Crippen LogP contribution in [0.2, 0.25) is 0 Å². The van der Waals surface area contributed by atoms with Crippen LogP contribution in [0.25, 0.3) is 22.4 Å². The molecule has 1 aromatic carbocycles. The van der Waals surface area contributed by atoms with Gasteiger partial charge in [0, 0.05) is 48.1 Å². The molecule has 3 heterocycles. The smallest absolute Gasteiger partial charge is 0.303 e. The van der Waals surface area contributed by atoms with E-state index in [1.807, 2.05) is 36.1 Å². The fourth-order valence-electron chi connectivity index (χ4n) is 3.97. The molecule has 0 spiro atoms. The van der Waals surface area contributed by atoms with Crippen LogP contribution in [0.15, 0.2) is 34.7 Å². The average molecular weight is 515 g/mol. The SMILES string of the molecule is C=S(C)(=O)N(CC(O)CCC(=O)O)c1nc2oc(-c3ccc(C)cc3)c(C(=O)NC)c2cc1N1CC1. The number of carboxylic acids is 1. The summed E-state index contributed by atoms with van der Waals surface area (Å²) in [6, 6.07) is 9.37. The number of nitrogens with one attached hydrogen (secondary N) is 1. The molecular formula is C25H30N4O6S. The van der Waals surface area contributed by atoms with Crippen LogP contribution in [0, 0.1) is 6.92 Å². The van der Waals surface area contributed by atoms with Crippen molar-refractivity contribution in [1.29, 1.82) is 0 Å². The molecule has 4 rings (SSSR count). The number of anilines is 2. The maximum Gasteiger partial charge on any atom is 0.303 e. The number of pyridine rings is 1. The zero-order chi connectivity index (χ0) is 26.2. The molecule has 36 heavy (non-hydrogen) atoms. The zero-order valence-electron chi connectivity index (χ0n) is 20.5. The van der Waals surface area contributed by atoms with Crippen molar-refractivity contribution in [2.45, 2.75) is 25.9 Å². The first-order chi connectivity index (χ1) is 17.0. The number of aliphatic hydroxyl groups is 1. The zero-order valence-corrected chi connectivity index (χ0v) is 21.3. The van der Waals surface area contributed by atoms with Crippen molar-refractivity contribution in [2.75, 3.05) is 42.1 Å². The number of furan rings is 1. The van der Waals surface area contributed by atoms with E-state index in [0.717, 1.165) is 18.7 Å². The number of carbonyl (C=O) groups is 2. The van der Waals surface area contributed by atoms with Crippen molar-refractivity contribution in [2.24, 2.45) is 0 Å². The monoisotopic (exact) mass is 514 g/mol. The molecule has 2 atom stereocenters. The van der Waals surface area contributed by atoms with Crippen LogP contribution in [-0.2, 0) is 14.5 Å². The van der Waals surface area contributed by atoms with Gasteiger partial charge in [-0.15, -0.1) is 0 Å². The predicted octanol–water partition coefficient (Wildman–Crippen LogP) is 2.28. The van der Waals surface area contributed by atoms with Crippen LogP contribution in [0.3, 0.4) is 0 Å². The van der Waals surface area contributed by atoms with Crippen molar-refractivity contribution >= 4 is 50.1 Å². The third-order valence-electron chi connectivity index (χ3n) is 5.97. The number of aromatic nitrogens is 1. The lowest BCUT2D eigenvalue weighted by Gasteiger charge is -2.29. The second kappa shape index (κ2) is 9.82. The van der Waals surface area contributed by atoms with Gasteiger partial charge in [0.25, 0.3) is 5.91 Å². The first-order valence-electron chi connectivity index (χ1n) is 11.5. The Bertz CT molecular complexity index is 1410. The highest BCUT2D eigenvalue weighted by atomic mass is 32.2. The Hall–Kier alpha value is -3.57. The number of carboxylic acid groups (broad SMARTS) is 1. The number of nitrogens with zero attached hydrogens (tertiary/aromatic N) is 3. The Morgan fingerprint density at radius 1 is 1.31 bits per heavy atom. The molecule has 0 aliphatic carbocycles. The van der Waals surface area contributed by atoms with Gasteiger partial charge in [-0.1, -0.05) is 29.8 Å². The van der Waals surface area contributed by atoms with Gasteiger partial charge < -0.3 is 24.8 Å². The molecule has 1 aliphatic rings. The van der Waals surface area contributed by atoms with Gasteiger partial charge in [-0.3, -0.25) is 13.9 Å². The third-order valence-corrected chi connectivity index (χ3v) is 7.22. The van der Waals surface area contributed by atoms with Crippen LogP contribution in [0.4, 0.5) is 11.5 Å². The van der Waals surface area contributed by atoms with E-state index in [-0.39, 0.29) is 31.0 Å². The molecule has 2 aromatic heterocycles. The molecule has 1 saturated heterocycles. The van der Waals surface area contributed by atoms with Crippen molar-refractivity contribution in [3.63, 3.8) is 0 Å². The average Bonchev–Trinajstić information content (AvgIpc) is 3.60. The summed E-state index contributed by atoms with van der Waals surface area (Å²) >= 11 is 0. The minimum atomic E-state index is -2.91. The fraction of sp³-hybridized carbons (Fsp3) is 0.360. The largest absolute Gasteiger partial charge is 0.481 e. The molecular weight excluding hydrogens is 484 g/mol. The number of fused-ring (bicyclic) bond motifs is 1. The molecule has 3 N–H and O–H groups in total. The van der Waals surface area contributed by atoms with E-state index in [0.29, 0.717) is 33.8 Å². The van der Waals surface area contributed by atoms with Crippen LogP contribution in [0.1, 0.15) is 28.8 Å². The second-order valence-corrected chi connectivity index (χ2v) is 11.4. The normalized spacial score (nSPS) is 15.4. The number of aliphatic hydroxyl groups excluding tert-OH is 1. The summed E-state index contributed by atoms with van der Waals surface area (Å²) in [5.41, 5.74) is 2.93. The molecule has 0 radical (unpaired) electrons. The highest BCUT2D eigenvalue weighted by Crippen LogP contribution is 2.40. The topological polar surface area (TPSA) is 136 Å². The molecule has 3 aromatic rings. The molecule has 1 fully saturated rings. The summed E-state index contributed by atoms with van der Waals surface area (Å²) in [5.74, 6) is 3.10. The number of benzene rings is 1. The van der Waals surface area contributed by atoms with Crippen molar-refractivity contribution in [3.8, 4) is 11.3 Å². The molecule has 1 aliphatic heterocycles. The Labute approximate surface area is 209 Å². The molecule has 10 nitrogen and oxygen atoms in total.